The highest BCUT2D eigenvalue weighted by molar-refractivity contribution is 5.34. The van der Waals surface area contributed by atoms with Gasteiger partial charge in [0, 0.05) is 5.41 Å². The van der Waals surface area contributed by atoms with Crippen molar-refractivity contribution >= 4 is 0 Å². The summed E-state index contributed by atoms with van der Waals surface area (Å²) < 4.78 is 6.11. The second-order valence-electron chi connectivity index (χ2n) is 18.0. The second-order valence-corrected chi connectivity index (χ2v) is 18.0. The van der Waals surface area contributed by atoms with Crippen LogP contribution in [-0.4, -0.2) is 68.3 Å². The molecule has 5 fully saturated rings. The van der Waals surface area contributed by atoms with Crippen molar-refractivity contribution in [3.63, 3.8) is 0 Å². The van der Waals surface area contributed by atoms with E-state index in [1.54, 1.807) is 6.92 Å². The van der Waals surface area contributed by atoms with Crippen LogP contribution in [0.3, 0.4) is 0 Å². The number of ether oxygens (including phenoxy) is 1. The van der Waals surface area contributed by atoms with Crippen molar-refractivity contribution in [2.75, 3.05) is 0 Å². The smallest absolute Gasteiger partial charge is 0.113 e. The highest BCUT2D eigenvalue weighted by atomic mass is 16.5. The quantitative estimate of drug-likeness (QED) is 0.277. The molecular formula is C36H60O6. The molecule has 0 spiro atoms. The summed E-state index contributed by atoms with van der Waals surface area (Å²) >= 11 is 0. The first-order valence-corrected chi connectivity index (χ1v) is 17.1. The number of allylic oxidation sites excluding steroid dienone is 2. The molecule has 0 radical (unpaired) electrons. The van der Waals surface area contributed by atoms with E-state index < -0.39 is 42.0 Å². The number of fused-ring (bicyclic) bond motifs is 7. The van der Waals surface area contributed by atoms with Crippen LogP contribution in [0.5, 0.6) is 0 Å². The van der Waals surface area contributed by atoms with Crippen LogP contribution < -0.4 is 0 Å². The van der Waals surface area contributed by atoms with Crippen molar-refractivity contribution < 1.29 is 30.3 Å². The van der Waals surface area contributed by atoms with Crippen molar-refractivity contribution in [2.45, 2.75) is 162 Å². The number of aliphatic hydroxyl groups excluding tert-OH is 5. The molecule has 0 aromatic heterocycles. The Labute approximate surface area is 254 Å². The largest absolute Gasteiger partial charge is 0.393 e. The molecule has 5 aliphatic carbocycles. The molecule has 4 saturated carbocycles. The van der Waals surface area contributed by atoms with Crippen LogP contribution in [0.25, 0.3) is 0 Å². The monoisotopic (exact) mass is 588 g/mol. The summed E-state index contributed by atoms with van der Waals surface area (Å²) in [4.78, 5) is 0. The van der Waals surface area contributed by atoms with E-state index in [4.69, 9.17) is 4.74 Å². The van der Waals surface area contributed by atoms with Crippen molar-refractivity contribution in [3.8, 4) is 0 Å². The van der Waals surface area contributed by atoms with E-state index in [-0.39, 0.29) is 39.1 Å². The van der Waals surface area contributed by atoms with Gasteiger partial charge in [0.05, 0.1) is 18.3 Å². The number of hydrogen-bond donors (Lipinski definition) is 5. The molecule has 1 heterocycles. The first kappa shape index (κ1) is 31.5. The van der Waals surface area contributed by atoms with E-state index >= 15 is 0 Å². The first-order chi connectivity index (χ1) is 19.4. The van der Waals surface area contributed by atoms with Gasteiger partial charge in [-0.2, -0.15) is 0 Å². The molecule has 240 valence electrons. The van der Waals surface area contributed by atoms with E-state index in [0.717, 1.165) is 57.8 Å². The Kier molecular flexibility index (Phi) is 7.31. The van der Waals surface area contributed by atoms with Gasteiger partial charge in [0.25, 0.3) is 0 Å². The van der Waals surface area contributed by atoms with E-state index in [1.165, 1.54) is 12.0 Å². The first-order valence-electron chi connectivity index (χ1n) is 17.1. The van der Waals surface area contributed by atoms with Crippen LogP contribution in [0.4, 0.5) is 0 Å². The maximum atomic E-state index is 12.3. The summed E-state index contributed by atoms with van der Waals surface area (Å²) in [5.74, 6) is 1.24. The van der Waals surface area contributed by atoms with Crippen LogP contribution in [0.15, 0.2) is 11.6 Å². The van der Waals surface area contributed by atoms with Crippen molar-refractivity contribution in [1.82, 2.24) is 0 Å². The normalized spacial score (nSPS) is 55.7. The van der Waals surface area contributed by atoms with E-state index in [9.17, 15) is 25.5 Å². The van der Waals surface area contributed by atoms with Gasteiger partial charge in [-0.25, -0.2) is 0 Å². The maximum absolute atomic E-state index is 12.3. The Morgan fingerprint density at radius 3 is 2.14 bits per heavy atom. The Balaban J connectivity index is 1.40. The molecule has 14 atom stereocenters. The molecule has 1 aliphatic heterocycles. The summed E-state index contributed by atoms with van der Waals surface area (Å²) in [6, 6.07) is 0. The standard InChI is InChI=1S/C36H60O6/c1-20-26(38)27(39)28(40)29(42-20)30(41)36-17-15-31(2,3)19-22(36)21-9-10-24-33(6)13-12-25(37)32(4,5)23(33)11-14-35(24,8)34(21,7)16-18-36/h9,20,22-30,37-41H,10-19H2,1-8H3/t20?,22?,23?,24?,25-,26-,27-,28?,29+,30?,33-,34+,35+,36-/m0/s1. The molecule has 0 aromatic rings. The van der Waals surface area contributed by atoms with E-state index in [2.05, 4.69) is 54.5 Å². The summed E-state index contributed by atoms with van der Waals surface area (Å²) in [5.41, 5.74) is 1.50. The highest BCUT2D eigenvalue weighted by Gasteiger charge is 2.69. The van der Waals surface area contributed by atoms with Crippen molar-refractivity contribution in [3.05, 3.63) is 11.6 Å². The average molecular weight is 589 g/mol. The van der Waals surface area contributed by atoms with Crippen LogP contribution >= 0.6 is 0 Å². The van der Waals surface area contributed by atoms with E-state index in [1.807, 2.05) is 0 Å². The molecule has 6 unspecified atom stereocenters. The summed E-state index contributed by atoms with van der Waals surface area (Å²) in [5, 5.41) is 55.4. The molecule has 42 heavy (non-hydrogen) atoms. The Bertz CT molecular complexity index is 1100. The van der Waals surface area contributed by atoms with Crippen LogP contribution in [0, 0.1) is 50.2 Å². The average Bonchev–Trinajstić information content (AvgIpc) is 2.91. The molecule has 0 aromatic carbocycles. The van der Waals surface area contributed by atoms with Gasteiger partial charge >= 0.3 is 0 Å². The number of rotatable bonds is 2. The van der Waals surface area contributed by atoms with Gasteiger partial charge in [-0.05, 0) is 116 Å². The lowest BCUT2D eigenvalue weighted by Gasteiger charge is -2.72. The SMILES string of the molecule is CC1O[C@@H](C(O)[C@]23CCC(C)(C)CC2C2=CCC4[C@@]5(C)CC[C@H](O)C(C)(C)C5CC[C@@]4(C)[C@]2(C)CC3)C(O)[C@@H](O)[C@H]1O. The fraction of sp³-hybridized carbons (Fsp3) is 0.944. The lowest BCUT2D eigenvalue weighted by Crippen LogP contribution is -2.67. The van der Waals surface area contributed by atoms with Gasteiger partial charge in [0.1, 0.15) is 24.4 Å². The lowest BCUT2D eigenvalue weighted by molar-refractivity contribution is -0.265. The number of aliphatic hydroxyl groups is 5. The zero-order valence-corrected chi connectivity index (χ0v) is 27.6. The topological polar surface area (TPSA) is 110 Å². The molecule has 0 amide bonds. The highest BCUT2D eigenvalue weighted by Crippen LogP contribution is 2.76. The zero-order valence-electron chi connectivity index (χ0n) is 27.6. The third-order valence-electron chi connectivity index (χ3n) is 15.5. The predicted octanol–water partition coefficient (Wildman–Crippen LogP) is 5.38. The van der Waals surface area contributed by atoms with Crippen LogP contribution in [-0.2, 0) is 4.74 Å². The Hall–Kier alpha value is -0.500. The molecule has 6 aliphatic rings. The van der Waals surface area contributed by atoms with Crippen molar-refractivity contribution in [1.29, 1.82) is 0 Å². The summed E-state index contributed by atoms with van der Waals surface area (Å²) in [6.07, 6.45) is 6.09. The number of hydrogen-bond acceptors (Lipinski definition) is 6. The maximum Gasteiger partial charge on any atom is 0.113 e. The minimum atomic E-state index is -1.33. The molecule has 6 heteroatoms. The van der Waals surface area contributed by atoms with Gasteiger partial charge in [0.2, 0.25) is 0 Å². The van der Waals surface area contributed by atoms with Crippen LogP contribution in [0.2, 0.25) is 0 Å². The third-order valence-corrected chi connectivity index (χ3v) is 15.5. The summed E-state index contributed by atoms with van der Waals surface area (Å²) in [6.45, 7) is 18.7. The van der Waals surface area contributed by atoms with Gasteiger partial charge < -0.3 is 30.3 Å². The fourth-order valence-corrected chi connectivity index (χ4v) is 12.5. The minimum Gasteiger partial charge on any atom is -0.393 e. The molecule has 0 bridgehead atoms. The van der Waals surface area contributed by atoms with Crippen molar-refractivity contribution in [2.24, 2.45) is 50.2 Å². The van der Waals surface area contributed by atoms with Gasteiger partial charge in [-0.15, -0.1) is 0 Å². The molecule has 1 saturated heterocycles. The van der Waals surface area contributed by atoms with Gasteiger partial charge in [-0.1, -0.05) is 60.1 Å². The van der Waals surface area contributed by atoms with E-state index in [0.29, 0.717) is 11.8 Å². The minimum absolute atomic E-state index is 0.0143. The van der Waals surface area contributed by atoms with Gasteiger partial charge in [-0.3, -0.25) is 0 Å². The Morgan fingerprint density at radius 1 is 0.786 bits per heavy atom. The molecule has 6 nitrogen and oxygen atoms in total. The fourth-order valence-electron chi connectivity index (χ4n) is 12.5. The molecular weight excluding hydrogens is 528 g/mol. The third kappa shape index (κ3) is 4.03. The van der Waals surface area contributed by atoms with Gasteiger partial charge in [0.15, 0.2) is 0 Å². The zero-order chi connectivity index (χ0) is 30.8. The molecule has 5 N–H and O–H groups in total. The van der Waals surface area contributed by atoms with Crippen LogP contribution in [0.1, 0.15) is 120 Å². The Morgan fingerprint density at radius 2 is 1.45 bits per heavy atom. The molecule has 6 rings (SSSR count). The predicted molar refractivity (Wildman–Crippen MR) is 163 cm³/mol. The summed E-state index contributed by atoms with van der Waals surface area (Å²) in [7, 11) is 0. The second kappa shape index (κ2) is 9.75. The lowest BCUT2D eigenvalue weighted by atomic mass is 9.33.